The number of fused-ring (bicyclic) bond motifs is 1. The van der Waals surface area contributed by atoms with E-state index in [1.54, 1.807) is 18.2 Å². The van der Waals surface area contributed by atoms with Crippen LogP contribution in [0.4, 0.5) is 0 Å². The molecule has 0 aliphatic carbocycles. The number of aromatic amines is 1. The van der Waals surface area contributed by atoms with E-state index < -0.39 is 0 Å². The molecule has 0 saturated carbocycles. The molecule has 1 aliphatic heterocycles. The number of hydrogen-bond acceptors (Lipinski definition) is 2. The zero-order chi connectivity index (χ0) is 16.7. The first-order valence-corrected chi connectivity index (χ1v) is 8.64. The minimum Gasteiger partial charge on any atom is -0.350 e. The van der Waals surface area contributed by atoms with Crippen molar-refractivity contribution in [1.82, 2.24) is 14.5 Å². The SMILES string of the molecule is Cn1cccc1[C@@H]1CCC[NH+]1Cc1nc2cc(Cl)ccc2c(=O)[nH]1. The van der Waals surface area contributed by atoms with Crippen LogP contribution in [0.1, 0.15) is 30.4 Å². The fourth-order valence-corrected chi connectivity index (χ4v) is 3.94. The Morgan fingerprint density at radius 2 is 2.29 bits per heavy atom. The maximum Gasteiger partial charge on any atom is 0.258 e. The van der Waals surface area contributed by atoms with E-state index in [1.807, 2.05) is 0 Å². The van der Waals surface area contributed by atoms with E-state index in [9.17, 15) is 4.79 Å². The Morgan fingerprint density at radius 1 is 1.42 bits per heavy atom. The van der Waals surface area contributed by atoms with Crippen LogP contribution in [0.25, 0.3) is 10.9 Å². The van der Waals surface area contributed by atoms with E-state index in [1.165, 1.54) is 17.0 Å². The molecule has 1 aliphatic rings. The number of halogens is 1. The van der Waals surface area contributed by atoms with Crippen LogP contribution in [0, 0.1) is 0 Å². The van der Waals surface area contributed by atoms with Crippen molar-refractivity contribution in [2.75, 3.05) is 6.54 Å². The average Bonchev–Trinajstić information content (AvgIpc) is 3.15. The lowest BCUT2D eigenvalue weighted by atomic mass is 10.1. The molecule has 4 rings (SSSR count). The number of benzene rings is 1. The first kappa shape index (κ1) is 15.4. The molecule has 2 N–H and O–H groups in total. The molecular formula is C18H20ClN4O+. The summed E-state index contributed by atoms with van der Waals surface area (Å²) in [6, 6.07) is 9.92. The van der Waals surface area contributed by atoms with Gasteiger partial charge in [-0.3, -0.25) is 4.79 Å². The predicted octanol–water partition coefficient (Wildman–Crippen LogP) is 1.83. The van der Waals surface area contributed by atoms with Crippen molar-refractivity contribution in [3.63, 3.8) is 0 Å². The number of nitrogens with one attached hydrogen (secondary N) is 2. The van der Waals surface area contributed by atoms with E-state index in [2.05, 4.69) is 39.9 Å². The summed E-state index contributed by atoms with van der Waals surface area (Å²) in [5.41, 5.74) is 1.91. The van der Waals surface area contributed by atoms with Gasteiger partial charge in [-0.15, -0.1) is 0 Å². The fourth-order valence-electron chi connectivity index (χ4n) is 3.78. The van der Waals surface area contributed by atoms with Crippen molar-refractivity contribution in [1.29, 1.82) is 0 Å². The molecule has 1 unspecified atom stereocenters. The number of nitrogens with zero attached hydrogens (tertiary/aromatic N) is 2. The van der Waals surface area contributed by atoms with Crippen LogP contribution in [0.3, 0.4) is 0 Å². The third kappa shape index (κ3) is 2.74. The lowest BCUT2D eigenvalue weighted by molar-refractivity contribution is -0.933. The summed E-state index contributed by atoms with van der Waals surface area (Å²) in [6.45, 7) is 1.81. The first-order valence-electron chi connectivity index (χ1n) is 8.26. The van der Waals surface area contributed by atoms with Gasteiger partial charge in [-0.25, -0.2) is 4.98 Å². The van der Waals surface area contributed by atoms with Crippen molar-refractivity contribution in [3.05, 3.63) is 63.4 Å². The minimum atomic E-state index is -0.0966. The van der Waals surface area contributed by atoms with Crippen LogP contribution in [-0.2, 0) is 13.6 Å². The Labute approximate surface area is 144 Å². The van der Waals surface area contributed by atoms with Gasteiger partial charge < -0.3 is 14.5 Å². The Bertz CT molecular complexity index is 946. The van der Waals surface area contributed by atoms with Gasteiger partial charge in [0, 0.05) is 31.1 Å². The number of rotatable bonds is 3. The molecule has 1 aromatic carbocycles. The molecule has 6 heteroatoms. The van der Waals surface area contributed by atoms with E-state index in [4.69, 9.17) is 11.6 Å². The molecule has 0 amide bonds. The van der Waals surface area contributed by atoms with Gasteiger partial charge in [0.05, 0.1) is 23.1 Å². The quantitative estimate of drug-likeness (QED) is 0.762. The average molecular weight is 344 g/mol. The van der Waals surface area contributed by atoms with Crippen molar-refractivity contribution in [2.45, 2.75) is 25.4 Å². The Kier molecular flexibility index (Phi) is 3.90. The number of hydrogen-bond donors (Lipinski definition) is 2. The van der Waals surface area contributed by atoms with Gasteiger partial charge in [-0.2, -0.15) is 0 Å². The molecule has 124 valence electrons. The summed E-state index contributed by atoms with van der Waals surface area (Å²) >= 11 is 6.04. The maximum atomic E-state index is 12.3. The van der Waals surface area contributed by atoms with Crippen molar-refractivity contribution >= 4 is 22.5 Å². The van der Waals surface area contributed by atoms with Gasteiger partial charge in [0.2, 0.25) is 0 Å². The van der Waals surface area contributed by atoms with Gasteiger partial charge in [0.25, 0.3) is 5.56 Å². The molecule has 0 radical (unpaired) electrons. The highest BCUT2D eigenvalue weighted by Gasteiger charge is 2.32. The molecule has 1 saturated heterocycles. The number of aromatic nitrogens is 3. The number of likely N-dealkylation sites (tertiary alicyclic amines) is 1. The first-order chi connectivity index (χ1) is 11.6. The van der Waals surface area contributed by atoms with Gasteiger partial charge in [0.1, 0.15) is 12.6 Å². The lowest BCUT2D eigenvalue weighted by Gasteiger charge is -2.21. The molecule has 24 heavy (non-hydrogen) atoms. The summed E-state index contributed by atoms with van der Waals surface area (Å²) in [4.78, 5) is 21.3. The molecule has 2 atom stereocenters. The second-order valence-corrected chi connectivity index (χ2v) is 6.93. The van der Waals surface area contributed by atoms with Gasteiger partial charge in [-0.05, 0) is 30.3 Å². The highest BCUT2D eigenvalue weighted by molar-refractivity contribution is 6.31. The minimum absolute atomic E-state index is 0.0966. The molecular weight excluding hydrogens is 324 g/mol. The molecule has 3 heterocycles. The van der Waals surface area contributed by atoms with Crippen molar-refractivity contribution in [3.8, 4) is 0 Å². The van der Waals surface area contributed by atoms with Crippen LogP contribution in [0.2, 0.25) is 5.02 Å². The zero-order valence-corrected chi connectivity index (χ0v) is 14.3. The topological polar surface area (TPSA) is 55.1 Å². The maximum absolute atomic E-state index is 12.3. The standard InChI is InChI=1S/C18H19ClN4O/c1-22-8-2-4-15(22)16-5-3-9-23(16)11-17-20-14-10-12(19)6-7-13(14)18(24)21-17/h2,4,6-8,10,16H,3,5,9,11H2,1H3,(H,20,21,24)/p+1/t16-/m0/s1. The van der Waals surface area contributed by atoms with E-state index in [0.29, 0.717) is 28.5 Å². The monoisotopic (exact) mass is 343 g/mol. The summed E-state index contributed by atoms with van der Waals surface area (Å²) in [7, 11) is 2.09. The van der Waals surface area contributed by atoms with E-state index in [-0.39, 0.29) is 5.56 Å². The van der Waals surface area contributed by atoms with Gasteiger partial charge >= 0.3 is 0 Å². The molecule has 5 nitrogen and oxygen atoms in total. The second kappa shape index (κ2) is 6.07. The summed E-state index contributed by atoms with van der Waals surface area (Å²) in [6.07, 6.45) is 4.44. The van der Waals surface area contributed by atoms with Crippen LogP contribution < -0.4 is 10.5 Å². The van der Waals surface area contributed by atoms with Crippen molar-refractivity contribution < 1.29 is 4.90 Å². The fraction of sp³-hybridized carbons (Fsp3) is 0.333. The molecule has 0 bridgehead atoms. The summed E-state index contributed by atoms with van der Waals surface area (Å²) < 4.78 is 2.19. The van der Waals surface area contributed by atoms with Crippen LogP contribution >= 0.6 is 11.6 Å². The van der Waals surface area contributed by atoms with Crippen LogP contribution in [0.15, 0.2) is 41.3 Å². The van der Waals surface area contributed by atoms with E-state index in [0.717, 1.165) is 18.8 Å². The van der Waals surface area contributed by atoms with E-state index >= 15 is 0 Å². The predicted molar refractivity (Wildman–Crippen MR) is 94.3 cm³/mol. The highest BCUT2D eigenvalue weighted by Crippen LogP contribution is 2.19. The summed E-state index contributed by atoms with van der Waals surface area (Å²) in [5.74, 6) is 0.728. The van der Waals surface area contributed by atoms with Gasteiger partial charge in [-0.1, -0.05) is 11.6 Å². The van der Waals surface area contributed by atoms with Crippen molar-refractivity contribution in [2.24, 2.45) is 7.05 Å². The largest absolute Gasteiger partial charge is 0.350 e. The molecule has 2 aromatic heterocycles. The third-order valence-electron chi connectivity index (χ3n) is 4.94. The molecule has 3 aromatic rings. The zero-order valence-electron chi connectivity index (χ0n) is 13.6. The highest BCUT2D eigenvalue weighted by atomic mass is 35.5. The Hall–Kier alpha value is -2.11. The lowest BCUT2D eigenvalue weighted by Crippen LogP contribution is -3.09. The smallest absolute Gasteiger partial charge is 0.258 e. The van der Waals surface area contributed by atoms with Crippen LogP contribution in [0.5, 0.6) is 0 Å². The number of quaternary nitrogens is 1. The molecule has 1 fully saturated rings. The van der Waals surface area contributed by atoms with Crippen LogP contribution in [-0.4, -0.2) is 21.1 Å². The summed E-state index contributed by atoms with van der Waals surface area (Å²) in [5, 5.41) is 1.18. The number of aryl methyl sites for hydroxylation is 1. The Balaban J connectivity index is 1.66. The van der Waals surface area contributed by atoms with Gasteiger partial charge in [0.15, 0.2) is 5.82 Å². The second-order valence-electron chi connectivity index (χ2n) is 6.50. The Morgan fingerprint density at radius 3 is 3.08 bits per heavy atom. The normalized spacial score (nSPS) is 20.8. The number of H-pyrrole nitrogens is 1. The molecule has 0 spiro atoms. The third-order valence-corrected chi connectivity index (χ3v) is 5.17.